The first-order valence-electron chi connectivity index (χ1n) is 28.7. The molecule has 3 atom stereocenters. The minimum absolute atomic E-state index is 0.0300. The molecular weight excluding hydrogens is 976 g/mol. The highest BCUT2D eigenvalue weighted by Crippen LogP contribution is 2.43. The highest BCUT2D eigenvalue weighted by atomic mass is 31.2. The normalized spacial score (nSPS) is 14.4. The van der Waals surface area contributed by atoms with Crippen molar-refractivity contribution in [3.63, 3.8) is 0 Å². The fraction of sp³-hybridized carbons (Fsp3) is 0.578. The first-order valence-corrected chi connectivity index (χ1v) is 30.2. The van der Waals surface area contributed by atoms with Crippen molar-refractivity contribution in [3.05, 3.63) is 146 Å². The van der Waals surface area contributed by atoms with Crippen LogP contribution in [0.2, 0.25) is 0 Å². The van der Waals surface area contributed by atoms with Crippen molar-refractivity contribution in [3.8, 4) is 0 Å². The van der Waals surface area contributed by atoms with Gasteiger partial charge in [0.25, 0.3) is 0 Å². The summed E-state index contributed by atoms with van der Waals surface area (Å²) in [5, 5.41) is 9.80. The third kappa shape index (κ3) is 54.2. The van der Waals surface area contributed by atoms with Crippen LogP contribution in [0.1, 0.15) is 201 Å². The zero-order valence-corrected chi connectivity index (χ0v) is 48.0. The van der Waals surface area contributed by atoms with E-state index in [-0.39, 0.29) is 25.9 Å². The lowest BCUT2D eigenvalue weighted by Crippen LogP contribution is -2.30. The zero-order valence-electron chi connectivity index (χ0n) is 47.2. The molecule has 2 N–H and O–H groups in total. The van der Waals surface area contributed by atoms with Crippen LogP contribution in [-0.2, 0) is 42.2 Å². The van der Waals surface area contributed by atoms with Gasteiger partial charge in [0, 0.05) is 19.3 Å². The van der Waals surface area contributed by atoms with Crippen molar-refractivity contribution < 1.29 is 52.2 Å². The maximum atomic E-state index is 12.9. The number of ether oxygens (including phenoxy) is 3. The lowest BCUT2D eigenvalue weighted by Gasteiger charge is -2.21. The summed E-state index contributed by atoms with van der Waals surface area (Å²) >= 11 is 0. The molecule has 0 heterocycles. The molecule has 0 amide bonds. The number of phosphoric acid groups is 1. The van der Waals surface area contributed by atoms with Gasteiger partial charge in [0.1, 0.15) is 12.7 Å². The Morgan fingerprint density at radius 2 is 0.684 bits per heavy atom. The number of rotatable bonds is 51. The van der Waals surface area contributed by atoms with Crippen LogP contribution in [0.4, 0.5) is 0 Å². The molecule has 0 aromatic rings. The summed E-state index contributed by atoms with van der Waals surface area (Å²) in [6, 6.07) is 0. The Hall–Kier alpha value is -4.64. The van der Waals surface area contributed by atoms with E-state index in [0.29, 0.717) is 32.1 Å². The fourth-order valence-corrected chi connectivity index (χ4v) is 7.78. The van der Waals surface area contributed by atoms with Gasteiger partial charge < -0.3 is 24.2 Å². The average molecular weight is 1080 g/mol. The summed E-state index contributed by atoms with van der Waals surface area (Å²) < 4.78 is 39.3. The van der Waals surface area contributed by atoms with Crippen molar-refractivity contribution in [2.45, 2.75) is 213 Å². The smallest absolute Gasteiger partial charge is 0.462 e. The molecule has 0 aromatic heterocycles. The molecule has 0 aliphatic heterocycles. The minimum atomic E-state index is -4.80. The second-order valence-electron chi connectivity index (χ2n) is 18.3. The zero-order chi connectivity index (χ0) is 55.5. The van der Waals surface area contributed by atoms with Crippen molar-refractivity contribution >= 4 is 25.7 Å². The second kappa shape index (κ2) is 56.6. The van der Waals surface area contributed by atoms with Gasteiger partial charge in [-0.1, -0.05) is 231 Å². The quantitative estimate of drug-likeness (QED) is 0.0197. The number of phosphoric ester groups is 1. The maximum Gasteiger partial charge on any atom is 0.472 e. The van der Waals surface area contributed by atoms with Gasteiger partial charge in [-0.2, -0.15) is 0 Å². The number of hydrogen-bond donors (Lipinski definition) is 2. The molecule has 76 heavy (non-hydrogen) atoms. The average Bonchev–Trinajstić information content (AvgIpc) is 3.41. The summed E-state index contributed by atoms with van der Waals surface area (Å²) in [5.41, 5.74) is 0. The van der Waals surface area contributed by atoms with E-state index in [9.17, 15) is 28.9 Å². The summed E-state index contributed by atoms with van der Waals surface area (Å²) in [4.78, 5) is 48.4. The van der Waals surface area contributed by atoms with E-state index in [4.69, 9.17) is 23.3 Å². The first kappa shape index (κ1) is 71.4. The number of aliphatic hydroxyl groups excluding tert-OH is 1. The van der Waals surface area contributed by atoms with Crippen LogP contribution >= 0.6 is 7.82 Å². The molecule has 3 unspecified atom stereocenters. The van der Waals surface area contributed by atoms with Crippen LogP contribution in [0.25, 0.3) is 0 Å². The number of unbranched alkanes of at least 4 members (excludes halogenated alkanes) is 10. The third-order valence-corrected chi connectivity index (χ3v) is 12.2. The lowest BCUT2D eigenvalue weighted by molar-refractivity contribution is -0.161. The molecule has 0 spiro atoms. The number of carbonyl (C=O) groups is 3. The Morgan fingerprint density at radius 1 is 0.382 bits per heavy atom. The van der Waals surface area contributed by atoms with Crippen molar-refractivity contribution in [1.82, 2.24) is 0 Å². The van der Waals surface area contributed by atoms with Crippen molar-refractivity contribution in [1.29, 1.82) is 0 Å². The molecule has 11 nitrogen and oxygen atoms in total. The first-order chi connectivity index (χ1) is 37.2. The summed E-state index contributed by atoms with van der Waals surface area (Å²) in [6.45, 7) is 4.22. The molecule has 0 rings (SSSR count). The molecule has 0 aliphatic rings. The van der Waals surface area contributed by atoms with Crippen LogP contribution < -0.4 is 0 Å². The molecule has 0 saturated heterocycles. The Labute approximate surface area is 461 Å². The third-order valence-electron chi connectivity index (χ3n) is 11.3. The lowest BCUT2D eigenvalue weighted by atomic mass is 10.1. The molecule has 0 fully saturated rings. The number of aliphatic hydroxyl groups is 1. The fourth-order valence-electron chi connectivity index (χ4n) is 6.99. The van der Waals surface area contributed by atoms with Gasteiger partial charge in [-0.05, 0) is 96.3 Å². The van der Waals surface area contributed by atoms with E-state index in [1.54, 1.807) is 0 Å². The van der Waals surface area contributed by atoms with Gasteiger partial charge in [-0.15, -0.1) is 0 Å². The Morgan fingerprint density at radius 3 is 1.03 bits per heavy atom. The predicted octanol–water partition coefficient (Wildman–Crippen LogP) is 17.1. The number of carbonyl (C=O) groups excluding carboxylic acids is 3. The van der Waals surface area contributed by atoms with Gasteiger partial charge in [-0.25, -0.2) is 4.57 Å². The van der Waals surface area contributed by atoms with E-state index < -0.39 is 57.8 Å². The monoisotopic (exact) mass is 1080 g/mol. The molecule has 0 bridgehead atoms. The largest absolute Gasteiger partial charge is 0.472 e. The van der Waals surface area contributed by atoms with Gasteiger partial charge in [0.15, 0.2) is 6.10 Å². The number of allylic oxidation sites excluding steroid dienone is 24. The van der Waals surface area contributed by atoms with Gasteiger partial charge >= 0.3 is 25.7 Å². The van der Waals surface area contributed by atoms with E-state index in [2.05, 4.69) is 142 Å². The number of esters is 3. The Kier molecular flexibility index (Phi) is 53.1. The molecule has 0 radical (unpaired) electrons. The van der Waals surface area contributed by atoms with Gasteiger partial charge in [0.2, 0.25) is 0 Å². The SMILES string of the molecule is CC/C=C\C/C=C\C/C=C\C/C=C\C/C=C\C/C=C\CCC(=O)OC(CO)COP(=O)(O)OCC(COC(=O)CCCCCCCCCCCCC)OC(=O)CC/C=C\C/C=C\C/C=C\C/C=C\C/C=C\C/C=C\CC. The van der Waals surface area contributed by atoms with Crippen LogP contribution in [0, 0.1) is 0 Å². The predicted molar refractivity (Wildman–Crippen MR) is 316 cm³/mol. The molecule has 0 aliphatic carbocycles. The highest BCUT2D eigenvalue weighted by molar-refractivity contribution is 7.47. The molecule has 12 heteroatoms. The van der Waals surface area contributed by atoms with Crippen LogP contribution in [-0.4, -0.2) is 66.5 Å². The summed E-state index contributed by atoms with van der Waals surface area (Å²) in [5.74, 6) is -1.67. The van der Waals surface area contributed by atoms with Gasteiger partial charge in [0.05, 0.1) is 19.8 Å². The van der Waals surface area contributed by atoms with E-state index in [0.717, 1.165) is 83.5 Å². The Bertz CT molecular complexity index is 1830. The second-order valence-corrected chi connectivity index (χ2v) is 19.8. The standard InChI is InChI=1S/C64H101O11P/c1-4-7-10-13-16-19-22-24-26-28-30-32-34-36-39-42-45-48-51-54-63(67)74-60(56-65)58-72-76(69,70)73-59-61(57-71-62(66)53-50-47-44-41-38-21-18-15-12-9-6-3)75-64(68)55-52-49-46-43-40-37-35-33-31-29-27-25-23-20-17-14-11-8-5-2/h7-8,10-11,16-17,19-20,24-27,30-33,36-37,39-40,45-46,48-49,60-61,65H,4-6,9,12-15,18,21-23,28-29,34-35,38,41-44,47,50-59H2,1-3H3,(H,69,70)/b10-7-,11-8-,19-16-,20-17-,26-24-,27-25-,32-30-,33-31-,39-36-,40-37-,48-45-,49-46-. The van der Waals surface area contributed by atoms with Crippen LogP contribution in [0.5, 0.6) is 0 Å². The molecular formula is C64H101O11P. The number of hydrogen-bond acceptors (Lipinski definition) is 10. The van der Waals surface area contributed by atoms with Crippen molar-refractivity contribution in [2.24, 2.45) is 0 Å². The highest BCUT2D eigenvalue weighted by Gasteiger charge is 2.28. The molecule has 0 saturated carbocycles. The van der Waals surface area contributed by atoms with E-state index in [1.165, 1.54) is 44.9 Å². The Balaban J connectivity index is 4.88. The van der Waals surface area contributed by atoms with Crippen molar-refractivity contribution in [2.75, 3.05) is 26.4 Å². The maximum absolute atomic E-state index is 12.9. The molecule has 428 valence electrons. The van der Waals surface area contributed by atoms with E-state index >= 15 is 0 Å². The van der Waals surface area contributed by atoms with Gasteiger partial charge in [-0.3, -0.25) is 23.4 Å². The topological polar surface area (TPSA) is 155 Å². The minimum Gasteiger partial charge on any atom is -0.462 e. The van der Waals surface area contributed by atoms with Crippen LogP contribution in [0.15, 0.2) is 146 Å². The summed E-state index contributed by atoms with van der Waals surface area (Å²) in [7, 11) is -4.80. The van der Waals surface area contributed by atoms with Crippen LogP contribution in [0.3, 0.4) is 0 Å². The summed E-state index contributed by atoms with van der Waals surface area (Å²) in [6.07, 6.45) is 72.7. The molecule has 0 aromatic carbocycles. The van der Waals surface area contributed by atoms with E-state index in [1.807, 2.05) is 24.3 Å².